The van der Waals surface area contributed by atoms with Gasteiger partial charge in [-0.2, -0.15) is 0 Å². The van der Waals surface area contributed by atoms with Crippen LogP contribution in [0.4, 0.5) is 5.69 Å². The van der Waals surface area contributed by atoms with E-state index >= 15 is 0 Å². The lowest BCUT2D eigenvalue weighted by molar-refractivity contribution is -0.125. The summed E-state index contributed by atoms with van der Waals surface area (Å²) >= 11 is 7.66. The first-order valence-corrected chi connectivity index (χ1v) is 11.7. The Bertz CT molecular complexity index is 1330. The van der Waals surface area contributed by atoms with Crippen molar-refractivity contribution in [3.8, 4) is 0 Å². The Morgan fingerprint density at radius 1 is 1.27 bits per heavy atom. The number of anilines is 1. The predicted molar refractivity (Wildman–Crippen MR) is 129 cm³/mol. The molecule has 1 saturated heterocycles. The number of hydrogen-bond donors (Lipinski definition) is 2. The van der Waals surface area contributed by atoms with Crippen molar-refractivity contribution in [2.75, 3.05) is 24.7 Å². The Balaban J connectivity index is 1.43. The number of ether oxygens (including phenoxy) is 1. The largest absolute Gasteiger partial charge is 0.370 e. The number of benzene rings is 2. The van der Waals surface area contributed by atoms with Crippen molar-refractivity contribution < 1.29 is 14.3 Å². The van der Waals surface area contributed by atoms with Crippen LogP contribution in [0.15, 0.2) is 53.9 Å². The third-order valence-electron chi connectivity index (χ3n) is 5.58. The molecule has 168 valence electrons. The molecular formula is C24H21ClN4O3S. The summed E-state index contributed by atoms with van der Waals surface area (Å²) in [4.78, 5) is 36.1. The van der Waals surface area contributed by atoms with E-state index < -0.39 is 6.04 Å². The summed E-state index contributed by atoms with van der Waals surface area (Å²) in [6.07, 6.45) is 0. The van der Waals surface area contributed by atoms with Crippen LogP contribution >= 0.6 is 22.9 Å². The molecule has 33 heavy (non-hydrogen) atoms. The fourth-order valence-electron chi connectivity index (χ4n) is 3.95. The summed E-state index contributed by atoms with van der Waals surface area (Å²) in [5.74, 6) is 0.328. The maximum absolute atomic E-state index is 13.2. The van der Waals surface area contributed by atoms with E-state index in [0.29, 0.717) is 29.6 Å². The minimum absolute atomic E-state index is 0.0763. The molecule has 2 aromatic carbocycles. The van der Waals surface area contributed by atoms with Crippen LogP contribution in [0, 0.1) is 6.92 Å². The summed E-state index contributed by atoms with van der Waals surface area (Å²) < 4.78 is 5.21. The van der Waals surface area contributed by atoms with E-state index in [1.807, 2.05) is 36.6 Å². The number of nitrogens with zero attached hydrogens (tertiary/aromatic N) is 2. The van der Waals surface area contributed by atoms with Crippen LogP contribution in [0.2, 0.25) is 5.02 Å². The van der Waals surface area contributed by atoms with E-state index in [-0.39, 0.29) is 18.4 Å². The average molecular weight is 481 g/mol. The second-order valence-corrected chi connectivity index (χ2v) is 9.22. The molecule has 2 aromatic heterocycles. The van der Waals surface area contributed by atoms with E-state index in [2.05, 4.69) is 15.3 Å². The number of aromatic amines is 1. The number of H-pyrrole nitrogens is 1. The Morgan fingerprint density at radius 3 is 2.91 bits per heavy atom. The van der Waals surface area contributed by atoms with Crippen LogP contribution in [-0.4, -0.2) is 41.5 Å². The summed E-state index contributed by atoms with van der Waals surface area (Å²) in [5, 5.41) is 5.67. The normalized spacial score (nSPS) is 15.1. The monoisotopic (exact) mass is 480 g/mol. The maximum atomic E-state index is 13.2. The number of carbonyl (C=O) groups excluding carboxylic acids is 2. The lowest BCUT2D eigenvalue weighted by atomic mass is 10.1. The molecule has 0 radical (unpaired) electrons. The van der Waals surface area contributed by atoms with Crippen molar-refractivity contribution in [1.82, 2.24) is 15.3 Å². The van der Waals surface area contributed by atoms with Gasteiger partial charge in [0.05, 0.1) is 17.6 Å². The molecule has 5 rings (SSSR count). The first-order valence-electron chi connectivity index (χ1n) is 10.5. The van der Waals surface area contributed by atoms with Gasteiger partial charge in [0.1, 0.15) is 18.5 Å². The molecule has 4 aromatic rings. The summed E-state index contributed by atoms with van der Waals surface area (Å²) in [6.45, 7) is 2.97. The maximum Gasteiger partial charge on any atom is 0.253 e. The van der Waals surface area contributed by atoms with Gasteiger partial charge >= 0.3 is 0 Å². The molecule has 1 unspecified atom stereocenters. The fourth-order valence-corrected chi connectivity index (χ4v) is 4.90. The molecule has 2 N–H and O–H groups in total. The molecule has 0 spiro atoms. The molecule has 1 aliphatic heterocycles. The van der Waals surface area contributed by atoms with Gasteiger partial charge in [-0.15, -0.1) is 11.3 Å². The summed E-state index contributed by atoms with van der Waals surface area (Å²) in [7, 11) is 0. The number of rotatable bonds is 5. The van der Waals surface area contributed by atoms with Gasteiger partial charge in [-0.05, 0) is 60.3 Å². The van der Waals surface area contributed by atoms with Gasteiger partial charge in [0.25, 0.3) is 11.8 Å². The highest BCUT2D eigenvalue weighted by molar-refractivity contribution is 7.10. The Kier molecular flexibility index (Phi) is 5.88. The van der Waals surface area contributed by atoms with E-state index in [4.69, 9.17) is 16.3 Å². The van der Waals surface area contributed by atoms with Gasteiger partial charge in [0, 0.05) is 27.7 Å². The molecule has 1 fully saturated rings. The smallest absolute Gasteiger partial charge is 0.253 e. The zero-order chi connectivity index (χ0) is 22.9. The van der Waals surface area contributed by atoms with Crippen LogP contribution in [0.1, 0.15) is 32.7 Å². The molecule has 1 atom stereocenters. The van der Waals surface area contributed by atoms with Crippen molar-refractivity contribution >= 4 is 51.5 Å². The number of fused-ring (bicyclic) bond motifs is 1. The number of nitrogens with one attached hydrogen (secondary N) is 2. The number of halogens is 1. The van der Waals surface area contributed by atoms with Crippen molar-refractivity contribution in [2.24, 2.45) is 0 Å². The van der Waals surface area contributed by atoms with Gasteiger partial charge in [0.15, 0.2) is 0 Å². The number of aryl methyl sites for hydroxylation is 1. The zero-order valence-electron chi connectivity index (χ0n) is 17.8. The first kappa shape index (κ1) is 21.6. The van der Waals surface area contributed by atoms with Crippen LogP contribution in [0.25, 0.3) is 11.0 Å². The van der Waals surface area contributed by atoms with Gasteiger partial charge in [0.2, 0.25) is 0 Å². The molecule has 1 aliphatic rings. The number of imidazole rings is 1. The van der Waals surface area contributed by atoms with Crippen molar-refractivity contribution in [3.63, 3.8) is 0 Å². The third-order valence-corrected chi connectivity index (χ3v) is 6.75. The number of hydrogen-bond acceptors (Lipinski definition) is 5. The second-order valence-electron chi connectivity index (χ2n) is 7.80. The van der Waals surface area contributed by atoms with Crippen LogP contribution in [0.5, 0.6) is 0 Å². The molecule has 7 nitrogen and oxygen atoms in total. The third kappa shape index (κ3) is 4.37. The highest BCUT2D eigenvalue weighted by Gasteiger charge is 2.24. The standard InChI is InChI=1S/C24H21ClN4O3S/c1-14-11-15(4-7-19(14)29-8-9-32-13-21(29)30)24(31)28-22(20-3-2-10-33-20)23-26-17-6-5-16(25)12-18(17)27-23/h2-7,10-12,22H,8-9,13H2,1H3,(H,26,27)(H,28,31). The molecule has 9 heteroatoms. The zero-order valence-corrected chi connectivity index (χ0v) is 19.4. The topological polar surface area (TPSA) is 87.3 Å². The van der Waals surface area contributed by atoms with E-state index in [9.17, 15) is 9.59 Å². The number of carbonyl (C=O) groups is 2. The Labute approximate surface area is 199 Å². The van der Waals surface area contributed by atoms with Crippen LogP contribution < -0.4 is 10.2 Å². The summed E-state index contributed by atoms with van der Waals surface area (Å²) in [5.41, 5.74) is 3.75. The minimum atomic E-state index is -0.440. The van der Waals surface area contributed by atoms with E-state index in [1.54, 1.807) is 40.5 Å². The van der Waals surface area contributed by atoms with Crippen molar-refractivity contribution in [3.05, 3.63) is 80.8 Å². The fraction of sp³-hybridized carbons (Fsp3) is 0.208. The van der Waals surface area contributed by atoms with E-state index in [1.165, 1.54) is 0 Å². The number of amides is 2. The number of morpholine rings is 1. The SMILES string of the molecule is Cc1cc(C(=O)NC(c2nc3cc(Cl)ccc3[nH]2)c2cccs2)ccc1N1CCOCC1=O. The van der Waals surface area contributed by atoms with Gasteiger partial charge in [-0.25, -0.2) is 4.98 Å². The highest BCUT2D eigenvalue weighted by Crippen LogP contribution is 2.28. The van der Waals surface area contributed by atoms with Gasteiger partial charge in [-0.1, -0.05) is 17.7 Å². The van der Waals surface area contributed by atoms with Gasteiger partial charge < -0.3 is 19.9 Å². The van der Waals surface area contributed by atoms with Crippen LogP contribution in [-0.2, 0) is 9.53 Å². The molecule has 2 amide bonds. The molecule has 0 bridgehead atoms. The van der Waals surface area contributed by atoms with Crippen molar-refractivity contribution in [2.45, 2.75) is 13.0 Å². The number of thiophene rings is 1. The number of aromatic nitrogens is 2. The Morgan fingerprint density at radius 2 is 2.15 bits per heavy atom. The molecule has 0 aliphatic carbocycles. The predicted octanol–water partition coefficient (Wildman–Crippen LogP) is 4.47. The lowest BCUT2D eigenvalue weighted by Crippen LogP contribution is -2.42. The quantitative estimate of drug-likeness (QED) is 0.441. The van der Waals surface area contributed by atoms with E-state index in [0.717, 1.165) is 27.2 Å². The second kappa shape index (κ2) is 8.97. The molecular weight excluding hydrogens is 460 g/mol. The van der Waals surface area contributed by atoms with Gasteiger partial charge in [-0.3, -0.25) is 9.59 Å². The lowest BCUT2D eigenvalue weighted by Gasteiger charge is -2.28. The molecule has 0 saturated carbocycles. The van der Waals surface area contributed by atoms with Crippen molar-refractivity contribution in [1.29, 1.82) is 0 Å². The summed E-state index contributed by atoms with van der Waals surface area (Å²) in [6, 6.07) is 14.3. The van der Waals surface area contributed by atoms with Crippen LogP contribution in [0.3, 0.4) is 0 Å². The average Bonchev–Trinajstić information content (AvgIpc) is 3.47. The Hall–Kier alpha value is -3.20. The minimum Gasteiger partial charge on any atom is -0.370 e. The first-order chi connectivity index (χ1) is 16.0. The molecule has 3 heterocycles. The highest BCUT2D eigenvalue weighted by atomic mass is 35.5.